The molecule has 268 valence electrons. The predicted octanol–water partition coefficient (Wildman–Crippen LogP) is 4.91. The Morgan fingerprint density at radius 1 is 1.04 bits per heavy atom. The van der Waals surface area contributed by atoms with E-state index in [-0.39, 0.29) is 29.6 Å². The number of amides is 2. The van der Waals surface area contributed by atoms with Crippen molar-refractivity contribution in [2.24, 2.45) is 17.8 Å². The van der Waals surface area contributed by atoms with Crippen LogP contribution >= 0.6 is 0 Å². The van der Waals surface area contributed by atoms with E-state index < -0.39 is 26.6 Å². The first-order chi connectivity index (χ1) is 24.1. The van der Waals surface area contributed by atoms with Gasteiger partial charge in [-0.2, -0.15) is 5.26 Å². The maximum Gasteiger partial charge on any atom is 0.407 e. The number of alkyl carbamates (subject to hydrolysis) is 1. The molecule has 6 rings (SSSR count). The number of anilines is 1. The van der Waals surface area contributed by atoms with Crippen LogP contribution in [0, 0.1) is 34.9 Å². The van der Waals surface area contributed by atoms with Crippen LogP contribution in [0.2, 0.25) is 0 Å². The zero-order chi connectivity index (χ0) is 35.5. The Morgan fingerprint density at radius 3 is 2.36 bits per heavy atom. The number of halogens is 1. The van der Waals surface area contributed by atoms with Crippen molar-refractivity contribution in [1.29, 1.82) is 5.26 Å². The largest absolute Gasteiger partial charge is 0.453 e. The molecule has 10 nitrogen and oxygen atoms in total. The van der Waals surface area contributed by atoms with Crippen LogP contribution in [-0.4, -0.2) is 94.4 Å². The second kappa shape index (κ2) is 15.1. The molecule has 1 aliphatic carbocycles. The zero-order valence-electron chi connectivity index (χ0n) is 28.8. The lowest BCUT2D eigenvalue weighted by atomic mass is 9.59. The number of methoxy groups -OCH3 is 1. The van der Waals surface area contributed by atoms with Crippen LogP contribution in [0.1, 0.15) is 50.5 Å². The molecule has 12 heteroatoms. The smallest absolute Gasteiger partial charge is 0.407 e. The Balaban J connectivity index is 1.04. The van der Waals surface area contributed by atoms with Gasteiger partial charge < -0.3 is 24.8 Å². The number of nitriles is 1. The molecule has 50 heavy (non-hydrogen) atoms. The van der Waals surface area contributed by atoms with Crippen molar-refractivity contribution < 1.29 is 27.1 Å². The third-order valence-electron chi connectivity index (χ3n) is 11.7. The molecule has 1 N–H and O–H groups in total. The fraction of sp³-hybridized carbons (Fsp3) is 0.553. The van der Waals surface area contributed by atoms with Gasteiger partial charge >= 0.3 is 6.09 Å². The number of sulfone groups is 1. The molecule has 0 spiro atoms. The molecule has 3 atom stereocenters. The van der Waals surface area contributed by atoms with Gasteiger partial charge in [0.1, 0.15) is 5.82 Å². The predicted molar refractivity (Wildman–Crippen MR) is 189 cm³/mol. The van der Waals surface area contributed by atoms with E-state index >= 15 is 0 Å². The lowest BCUT2D eigenvalue weighted by Crippen LogP contribution is -2.55. The van der Waals surface area contributed by atoms with Crippen molar-refractivity contribution in [3.05, 3.63) is 72.6 Å². The van der Waals surface area contributed by atoms with Gasteiger partial charge in [0.2, 0.25) is 5.91 Å². The Kier molecular flexibility index (Phi) is 10.8. The summed E-state index contributed by atoms with van der Waals surface area (Å²) >= 11 is 0. The summed E-state index contributed by atoms with van der Waals surface area (Å²) in [5.41, 5.74) is 0.775. The van der Waals surface area contributed by atoms with Crippen molar-refractivity contribution in [2.45, 2.75) is 66.5 Å². The van der Waals surface area contributed by atoms with Gasteiger partial charge in [0.05, 0.1) is 28.7 Å². The Hall–Kier alpha value is -3.95. The van der Waals surface area contributed by atoms with Crippen LogP contribution in [0.15, 0.2) is 66.1 Å². The molecule has 1 saturated carbocycles. The molecular weight excluding hydrogens is 658 g/mol. The van der Waals surface area contributed by atoms with E-state index in [0.29, 0.717) is 42.3 Å². The number of nitrogens with zero attached hydrogens (tertiary/aromatic N) is 4. The minimum absolute atomic E-state index is 0.0189. The number of likely N-dealkylation sites (tertiary alicyclic amines) is 2. The maximum atomic E-state index is 14.6. The van der Waals surface area contributed by atoms with Crippen LogP contribution in [0.3, 0.4) is 0 Å². The molecule has 0 radical (unpaired) electrons. The maximum absolute atomic E-state index is 14.6. The van der Waals surface area contributed by atoms with Crippen molar-refractivity contribution in [1.82, 2.24) is 15.1 Å². The molecule has 2 aromatic rings. The number of piperidine rings is 2. The fourth-order valence-corrected chi connectivity index (χ4v) is 10.7. The number of carbonyl (C=O) groups is 2. The molecule has 3 saturated heterocycles. The molecule has 4 aliphatic rings. The third kappa shape index (κ3) is 7.12. The number of hydrogen-bond acceptors (Lipinski definition) is 8. The summed E-state index contributed by atoms with van der Waals surface area (Å²) in [4.78, 5) is 30.8. The minimum atomic E-state index is -3.48. The molecule has 4 fully saturated rings. The SMILES string of the molecule is C=CC(=O)N1CCC(S(=O)(=O)c2ccc(N3CC(CN4CCC([C@@](C#N)(c5cccc(F)c5)[C@H]5CCC[C@@H]5NC(=O)OC)CC4)C3)cc2)CC1. The van der Waals surface area contributed by atoms with E-state index in [1.54, 1.807) is 23.1 Å². The molecule has 3 aliphatic heterocycles. The van der Waals surface area contributed by atoms with E-state index in [2.05, 4.69) is 27.8 Å². The highest BCUT2D eigenvalue weighted by Gasteiger charge is 2.53. The monoisotopic (exact) mass is 705 g/mol. The summed E-state index contributed by atoms with van der Waals surface area (Å²) in [6.07, 6.45) is 5.64. The van der Waals surface area contributed by atoms with E-state index in [9.17, 15) is 27.7 Å². The Labute approximate surface area is 295 Å². The van der Waals surface area contributed by atoms with Crippen molar-refractivity contribution >= 4 is 27.5 Å². The minimum Gasteiger partial charge on any atom is -0.453 e. The topological polar surface area (TPSA) is 123 Å². The third-order valence-corrected chi connectivity index (χ3v) is 14.0. The molecule has 0 bridgehead atoms. The number of nitrogens with one attached hydrogen (secondary N) is 1. The van der Waals surface area contributed by atoms with Crippen LogP contribution in [0.4, 0.5) is 14.9 Å². The summed E-state index contributed by atoms with van der Waals surface area (Å²) in [7, 11) is -2.14. The van der Waals surface area contributed by atoms with Gasteiger partial charge in [-0.05, 0) is 106 Å². The number of carbonyl (C=O) groups excluding carboxylic acids is 2. The highest BCUT2D eigenvalue weighted by Crippen LogP contribution is 2.50. The van der Waals surface area contributed by atoms with E-state index in [1.165, 1.54) is 25.3 Å². The van der Waals surface area contributed by atoms with Gasteiger partial charge in [-0.3, -0.25) is 4.79 Å². The first-order valence-corrected chi connectivity index (χ1v) is 19.4. The highest BCUT2D eigenvalue weighted by molar-refractivity contribution is 7.92. The first-order valence-electron chi connectivity index (χ1n) is 17.8. The Bertz CT molecular complexity index is 1690. The van der Waals surface area contributed by atoms with Crippen LogP contribution < -0.4 is 10.2 Å². The Morgan fingerprint density at radius 2 is 1.74 bits per heavy atom. The molecule has 0 aromatic heterocycles. The summed E-state index contributed by atoms with van der Waals surface area (Å²) in [5, 5.41) is 13.4. The van der Waals surface area contributed by atoms with Crippen LogP contribution in [0.5, 0.6) is 0 Å². The summed E-state index contributed by atoms with van der Waals surface area (Å²) in [6, 6.07) is 16.1. The van der Waals surface area contributed by atoms with E-state index in [0.717, 1.165) is 70.5 Å². The van der Waals surface area contributed by atoms with Crippen LogP contribution in [0.25, 0.3) is 0 Å². The summed E-state index contributed by atoms with van der Waals surface area (Å²) < 4.78 is 46.1. The van der Waals surface area contributed by atoms with Gasteiger partial charge in [0.25, 0.3) is 0 Å². The van der Waals surface area contributed by atoms with Gasteiger partial charge in [-0.15, -0.1) is 0 Å². The van der Waals surface area contributed by atoms with Gasteiger partial charge in [-0.1, -0.05) is 25.1 Å². The lowest BCUT2D eigenvalue weighted by molar-refractivity contribution is -0.126. The van der Waals surface area contributed by atoms with Gasteiger partial charge in [0, 0.05) is 56.3 Å². The van der Waals surface area contributed by atoms with Gasteiger partial charge in [0.15, 0.2) is 9.84 Å². The molecular formula is C38H48FN5O5S. The molecule has 2 amide bonds. The van der Waals surface area contributed by atoms with Crippen molar-refractivity contribution in [3.8, 4) is 6.07 Å². The van der Waals surface area contributed by atoms with E-state index in [1.807, 2.05) is 18.2 Å². The molecule has 3 heterocycles. The fourth-order valence-electron chi connectivity index (χ4n) is 9.01. The standard InChI is InChI=1S/C38H48FN5O5S/c1-3-36(45)43-20-16-33(17-21-43)50(47,48)32-12-10-31(11-13-32)44-24-27(25-44)23-42-18-14-28(15-19-42)38(26-40,29-6-4-7-30(39)22-29)34-8-5-9-35(34)41-37(46)49-2/h3-4,6-7,10-13,22,27-28,33-35H,1,5,8-9,14-21,23-25H2,2H3,(H,41,46)/t34-,35-,38-/m0/s1. The van der Waals surface area contributed by atoms with E-state index in [4.69, 9.17) is 4.74 Å². The molecule has 2 aromatic carbocycles. The number of ether oxygens (including phenoxy) is 1. The summed E-state index contributed by atoms with van der Waals surface area (Å²) in [5.74, 6) is -0.170. The quantitative estimate of drug-likeness (QED) is 0.346. The van der Waals surface area contributed by atoms with Crippen LogP contribution in [-0.2, 0) is 24.8 Å². The second-order valence-corrected chi connectivity index (χ2v) is 16.6. The highest BCUT2D eigenvalue weighted by atomic mass is 32.2. The zero-order valence-corrected chi connectivity index (χ0v) is 29.6. The molecule has 0 unspecified atom stereocenters. The summed E-state index contributed by atoms with van der Waals surface area (Å²) in [6.45, 7) is 8.75. The lowest BCUT2D eigenvalue weighted by Gasteiger charge is -2.48. The second-order valence-electron chi connectivity index (χ2n) is 14.4. The normalized spacial score (nSPS) is 23.8. The van der Waals surface area contributed by atoms with Crippen molar-refractivity contribution in [3.63, 3.8) is 0 Å². The van der Waals surface area contributed by atoms with Gasteiger partial charge in [-0.25, -0.2) is 17.6 Å². The average Bonchev–Trinajstić information content (AvgIpc) is 3.58. The number of rotatable bonds is 10. The number of hydrogen-bond donors (Lipinski definition) is 1. The van der Waals surface area contributed by atoms with Crippen molar-refractivity contribution in [2.75, 3.05) is 57.8 Å². The first kappa shape index (κ1) is 35.9. The number of benzene rings is 2. The average molecular weight is 706 g/mol.